The first kappa shape index (κ1) is 19.5. The normalized spacial score (nSPS) is 18.2. The highest BCUT2D eigenvalue weighted by molar-refractivity contribution is 6.33. The highest BCUT2D eigenvalue weighted by Crippen LogP contribution is 2.26. The summed E-state index contributed by atoms with van der Waals surface area (Å²) in [5, 5.41) is 4.08. The molecule has 1 saturated heterocycles. The standard InChI is InChI=1S/C15H20Cl2N2O2.ClH/c1-9(12-8-11(16)2-3-13(12)17)19-15(20)14(18)10-4-6-21-7-5-10;/h2-3,8-10,14H,4-7,18H2,1H3,(H,19,20);1H. The summed E-state index contributed by atoms with van der Waals surface area (Å²) in [6.45, 7) is 3.20. The molecule has 22 heavy (non-hydrogen) atoms. The van der Waals surface area contributed by atoms with Gasteiger partial charge in [0, 0.05) is 23.3 Å². The zero-order valence-corrected chi connectivity index (χ0v) is 14.7. The third kappa shape index (κ3) is 5.00. The molecule has 0 aliphatic carbocycles. The van der Waals surface area contributed by atoms with Gasteiger partial charge in [-0.1, -0.05) is 23.2 Å². The van der Waals surface area contributed by atoms with E-state index in [1.165, 1.54) is 0 Å². The molecule has 1 aromatic carbocycles. The van der Waals surface area contributed by atoms with Crippen LogP contribution in [0.3, 0.4) is 0 Å². The summed E-state index contributed by atoms with van der Waals surface area (Å²) in [4.78, 5) is 12.3. The van der Waals surface area contributed by atoms with Crippen molar-refractivity contribution < 1.29 is 9.53 Å². The lowest BCUT2D eigenvalue weighted by atomic mass is 9.91. The second-order valence-corrected chi connectivity index (χ2v) is 6.22. The molecule has 0 aromatic heterocycles. The molecule has 4 nitrogen and oxygen atoms in total. The van der Waals surface area contributed by atoms with Crippen molar-refractivity contribution in [1.29, 1.82) is 0 Å². The van der Waals surface area contributed by atoms with Crippen molar-refractivity contribution in [1.82, 2.24) is 5.32 Å². The average molecular weight is 368 g/mol. The molecule has 1 aromatic rings. The Morgan fingerprint density at radius 2 is 2.00 bits per heavy atom. The second-order valence-electron chi connectivity index (χ2n) is 5.37. The molecule has 1 heterocycles. The third-order valence-electron chi connectivity index (χ3n) is 3.86. The van der Waals surface area contributed by atoms with Gasteiger partial charge in [0.15, 0.2) is 0 Å². The number of carbonyl (C=O) groups excluding carboxylic acids is 1. The number of amides is 1. The SMILES string of the molecule is CC(NC(=O)C(N)C1CCOCC1)c1cc(Cl)ccc1Cl.Cl. The topological polar surface area (TPSA) is 64.4 Å². The van der Waals surface area contributed by atoms with Crippen molar-refractivity contribution in [3.8, 4) is 0 Å². The van der Waals surface area contributed by atoms with Crippen LogP contribution in [0, 0.1) is 5.92 Å². The molecule has 2 unspecified atom stereocenters. The van der Waals surface area contributed by atoms with E-state index in [9.17, 15) is 4.79 Å². The molecule has 1 aliphatic rings. The molecule has 3 N–H and O–H groups in total. The zero-order valence-electron chi connectivity index (χ0n) is 12.4. The van der Waals surface area contributed by atoms with E-state index in [4.69, 9.17) is 33.7 Å². The predicted octanol–water partition coefficient (Wildman–Crippen LogP) is 3.35. The minimum absolute atomic E-state index is 0. The number of halogens is 3. The maximum absolute atomic E-state index is 12.3. The quantitative estimate of drug-likeness (QED) is 0.858. The highest BCUT2D eigenvalue weighted by atomic mass is 35.5. The molecular formula is C15H21Cl3N2O2. The van der Waals surface area contributed by atoms with Crippen molar-refractivity contribution in [2.75, 3.05) is 13.2 Å². The molecule has 0 radical (unpaired) electrons. The highest BCUT2D eigenvalue weighted by Gasteiger charge is 2.27. The summed E-state index contributed by atoms with van der Waals surface area (Å²) >= 11 is 12.1. The molecule has 1 fully saturated rings. The largest absolute Gasteiger partial charge is 0.381 e. The van der Waals surface area contributed by atoms with E-state index in [1.807, 2.05) is 6.92 Å². The number of hydrogen-bond acceptors (Lipinski definition) is 3. The van der Waals surface area contributed by atoms with Gasteiger partial charge in [-0.3, -0.25) is 4.79 Å². The van der Waals surface area contributed by atoms with Gasteiger partial charge in [-0.25, -0.2) is 0 Å². The van der Waals surface area contributed by atoms with Gasteiger partial charge in [0.25, 0.3) is 0 Å². The molecule has 0 bridgehead atoms. The van der Waals surface area contributed by atoms with Crippen LogP contribution < -0.4 is 11.1 Å². The van der Waals surface area contributed by atoms with Gasteiger partial charge in [0.1, 0.15) is 0 Å². The van der Waals surface area contributed by atoms with Gasteiger partial charge in [0.05, 0.1) is 12.1 Å². The van der Waals surface area contributed by atoms with E-state index in [1.54, 1.807) is 18.2 Å². The molecule has 0 saturated carbocycles. The van der Waals surface area contributed by atoms with Crippen LogP contribution >= 0.6 is 35.6 Å². The van der Waals surface area contributed by atoms with Crippen LogP contribution in [-0.2, 0) is 9.53 Å². The lowest BCUT2D eigenvalue weighted by molar-refractivity contribution is -0.125. The first-order chi connectivity index (χ1) is 9.99. The Bertz CT molecular complexity index is 508. The predicted molar refractivity (Wildman–Crippen MR) is 91.8 cm³/mol. The van der Waals surface area contributed by atoms with Crippen LogP contribution in [0.15, 0.2) is 18.2 Å². The average Bonchev–Trinajstić information content (AvgIpc) is 2.49. The zero-order chi connectivity index (χ0) is 15.4. The number of nitrogens with one attached hydrogen (secondary N) is 1. The Kier molecular flexibility index (Phi) is 7.94. The Morgan fingerprint density at radius 1 is 1.36 bits per heavy atom. The van der Waals surface area contributed by atoms with Gasteiger partial charge in [-0.15, -0.1) is 12.4 Å². The smallest absolute Gasteiger partial charge is 0.237 e. The number of hydrogen-bond donors (Lipinski definition) is 2. The maximum Gasteiger partial charge on any atom is 0.237 e. The lowest BCUT2D eigenvalue weighted by Crippen LogP contribution is -2.47. The molecular weight excluding hydrogens is 347 g/mol. The first-order valence-corrected chi connectivity index (χ1v) is 7.83. The third-order valence-corrected chi connectivity index (χ3v) is 4.44. The van der Waals surface area contributed by atoms with Crippen LogP contribution in [-0.4, -0.2) is 25.2 Å². The summed E-state index contributed by atoms with van der Waals surface area (Å²) in [6, 6.07) is 4.44. The van der Waals surface area contributed by atoms with E-state index in [-0.39, 0.29) is 30.3 Å². The molecule has 124 valence electrons. The van der Waals surface area contributed by atoms with Crippen LogP contribution in [0.4, 0.5) is 0 Å². The van der Waals surface area contributed by atoms with Crippen LogP contribution in [0.2, 0.25) is 10.0 Å². The Morgan fingerprint density at radius 3 is 2.64 bits per heavy atom. The molecule has 1 aliphatic heterocycles. The summed E-state index contributed by atoms with van der Waals surface area (Å²) in [5.74, 6) is 0.00576. The van der Waals surface area contributed by atoms with Gasteiger partial charge in [-0.05, 0) is 49.4 Å². The van der Waals surface area contributed by atoms with E-state index >= 15 is 0 Å². The van der Waals surface area contributed by atoms with Crippen molar-refractivity contribution in [2.45, 2.75) is 31.8 Å². The van der Waals surface area contributed by atoms with Gasteiger partial charge in [0.2, 0.25) is 5.91 Å². The number of ether oxygens (including phenoxy) is 1. The fraction of sp³-hybridized carbons (Fsp3) is 0.533. The fourth-order valence-electron chi connectivity index (χ4n) is 2.52. The Balaban J connectivity index is 0.00000242. The second kappa shape index (κ2) is 8.94. The molecule has 2 rings (SSSR count). The van der Waals surface area contributed by atoms with Gasteiger partial charge >= 0.3 is 0 Å². The number of nitrogens with two attached hydrogens (primary N) is 1. The van der Waals surface area contributed by atoms with E-state index in [0.717, 1.165) is 18.4 Å². The molecule has 7 heteroatoms. The summed E-state index contributed by atoms with van der Waals surface area (Å²) in [6.07, 6.45) is 1.64. The van der Waals surface area contributed by atoms with E-state index < -0.39 is 6.04 Å². The van der Waals surface area contributed by atoms with Gasteiger partial charge < -0.3 is 15.8 Å². The summed E-state index contributed by atoms with van der Waals surface area (Å²) in [7, 11) is 0. The molecule has 1 amide bonds. The molecule has 2 atom stereocenters. The number of benzene rings is 1. The number of rotatable bonds is 4. The van der Waals surface area contributed by atoms with Crippen molar-refractivity contribution in [2.24, 2.45) is 11.7 Å². The van der Waals surface area contributed by atoms with Crippen molar-refractivity contribution in [3.63, 3.8) is 0 Å². The lowest BCUT2D eigenvalue weighted by Gasteiger charge is -2.28. The monoisotopic (exact) mass is 366 g/mol. The van der Waals surface area contributed by atoms with Crippen LogP contribution in [0.25, 0.3) is 0 Å². The summed E-state index contributed by atoms with van der Waals surface area (Å²) in [5.41, 5.74) is 6.85. The van der Waals surface area contributed by atoms with Crippen molar-refractivity contribution >= 4 is 41.5 Å². The minimum atomic E-state index is -0.519. The van der Waals surface area contributed by atoms with E-state index in [2.05, 4.69) is 5.32 Å². The van der Waals surface area contributed by atoms with Crippen LogP contribution in [0.5, 0.6) is 0 Å². The van der Waals surface area contributed by atoms with Gasteiger partial charge in [-0.2, -0.15) is 0 Å². The molecule has 0 spiro atoms. The maximum atomic E-state index is 12.3. The van der Waals surface area contributed by atoms with E-state index in [0.29, 0.717) is 23.3 Å². The first-order valence-electron chi connectivity index (χ1n) is 7.07. The minimum Gasteiger partial charge on any atom is -0.381 e. The Labute approximate surface area is 147 Å². The Hall–Kier alpha value is -0.520. The summed E-state index contributed by atoms with van der Waals surface area (Å²) < 4.78 is 5.29. The fourth-order valence-corrected chi connectivity index (χ4v) is 2.98. The van der Waals surface area contributed by atoms with Crippen LogP contribution in [0.1, 0.15) is 31.4 Å². The number of carbonyl (C=O) groups is 1. The van der Waals surface area contributed by atoms with Crippen molar-refractivity contribution in [3.05, 3.63) is 33.8 Å².